The molecule has 4 rings (SSSR count). The number of ether oxygens (including phenoxy) is 1. The number of hydrogen-bond acceptors (Lipinski definition) is 6. The fourth-order valence-electron chi connectivity index (χ4n) is 4.89. The third-order valence-corrected chi connectivity index (χ3v) is 7.64. The number of nitrogens with zero attached hydrogens (tertiary/aromatic N) is 3. The molecular weight excluding hydrogens is 470 g/mol. The second-order valence-electron chi connectivity index (χ2n) is 9.44. The molecule has 0 unspecified atom stereocenters. The highest BCUT2D eigenvalue weighted by Gasteiger charge is 2.23. The van der Waals surface area contributed by atoms with Crippen LogP contribution in [0.25, 0.3) is 6.08 Å². The minimum Gasteiger partial charge on any atom is -0.472 e. The molecular formula is C26H34F2N4O2S. The number of halogens is 2. The number of carbonyl (C=O) groups excluding carboxylic acids is 1. The second-order valence-corrected chi connectivity index (χ2v) is 10.5. The number of fused-ring (bicyclic) bond motifs is 1. The first kappa shape index (κ1) is 25.7. The Morgan fingerprint density at radius 3 is 2.77 bits per heavy atom. The summed E-state index contributed by atoms with van der Waals surface area (Å²) in [5.41, 5.74) is 2.99. The predicted molar refractivity (Wildman–Crippen MR) is 134 cm³/mol. The molecule has 0 radical (unpaired) electrons. The van der Waals surface area contributed by atoms with Gasteiger partial charge in [0.05, 0.1) is 10.7 Å². The molecule has 9 heteroatoms. The Morgan fingerprint density at radius 2 is 2.03 bits per heavy atom. The van der Waals surface area contributed by atoms with Crippen LogP contribution in [0.2, 0.25) is 0 Å². The average molecular weight is 505 g/mol. The first-order valence-corrected chi connectivity index (χ1v) is 13.4. The molecule has 3 heterocycles. The Hall–Kier alpha value is -2.39. The number of aryl methyl sites for hydroxylation is 1. The van der Waals surface area contributed by atoms with E-state index in [2.05, 4.69) is 20.2 Å². The normalized spacial score (nSPS) is 21.1. The molecule has 35 heavy (non-hydrogen) atoms. The maximum absolute atomic E-state index is 12.4. The topological polar surface area (TPSA) is 67.4 Å². The van der Waals surface area contributed by atoms with Gasteiger partial charge in [-0.25, -0.2) is 18.7 Å². The van der Waals surface area contributed by atoms with E-state index in [-0.39, 0.29) is 17.8 Å². The van der Waals surface area contributed by atoms with E-state index < -0.39 is 13.0 Å². The number of rotatable bonds is 9. The zero-order chi connectivity index (χ0) is 24.6. The molecule has 1 N–H and O–H groups in total. The van der Waals surface area contributed by atoms with Gasteiger partial charge in [-0.1, -0.05) is 6.07 Å². The van der Waals surface area contributed by atoms with Gasteiger partial charge in [-0.3, -0.25) is 4.79 Å². The maximum Gasteiger partial charge on any atom is 0.272 e. The molecule has 0 saturated heterocycles. The summed E-state index contributed by atoms with van der Waals surface area (Å²) < 4.78 is 29.9. The van der Waals surface area contributed by atoms with Gasteiger partial charge < -0.3 is 15.0 Å². The third kappa shape index (κ3) is 8.07. The van der Waals surface area contributed by atoms with Gasteiger partial charge in [0.25, 0.3) is 6.43 Å². The van der Waals surface area contributed by atoms with Gasteiger partial charge in [-0.15, -0.1) is 11.3 Å². The van der Waals surface area contributed by atoms with E-state index in [9.17, 15) is 13.6 Å². The highest BCUT2D eigenvalue weighted by atomic mass is 32.1. The highest BCUT2D eigenvalue weighted by Crippen LogP contribution is 2.28. The average Bonchev–Trinajstić information content (AvgIpc) is 3.16. The van der Waals surface area contributed by atoms with Crippen molar-refractivity contribution < 1.29 is 18.3 Å². The molecule has 1 saturated carbocycles. The Labute approximate surface area is 209 Å². The van der Waals surface area contributed by atoms with Crippen molar-refractivity contribution in [3.05, 3.63) is 45.5 Å². The van der Waals surface area contributed by atoms with Crippen LogP contribution in [0, 0.1) is 12.8 Å². The van der Waals surface area contributed by atoms with Crippen LogP contribution < -0.4 is 10.1 Å². The number of alkyl halides is 2. The summed E-state index contributed by atoms with van der Waals surface area (Å²) in [6.07, 6.45) is 8.09. The molecule has 1 aliphatic heterocycles. The molecule has 0 aromatic carbocycles. The largest absolute Gasteiger partial charge is 0.472 e. The number of aromatic nitrogens is 2. The Morgan fingerprint density at radius 1 is 1.23 bits per heavy atom. The Balaban J connectivity index is 1.15. The predicted octanol–water partition coefficient (Wildman–Crippen LogP) is 4.67. The van der Waals surface area contributed by atoms with Gasteiger partial charge in [0.15, 0.2) is 6.61 Å². The zero-order valence-corrected chi connectivity index (χ0v) is 21.0. The smallest absolute Gasteiger partial charge is 0.272 e. The molecule has 2 aromatic rings. The summed E-state index contributed by atoms with van der Waals surface area (Å²) >= 11 is 1.58. The van der Waals surface area contributed by atoms with Gasteiger partial charge >= 0.3 is 0 Å². The van der Waals surface area contributed by atoms with E-state index in [1.807, 2.05) is 18.4 Å². The maximum atomic E-state index is 12.4. The molecule has 1 amide bonds. The van der Waals surface area contributed by atoms with Crippen LogP contribution in [0.1, 0.15) is 54.1 Å². The Bertz CT molecular complexity index is 1000. The standard InChI is InChI=1S/C26H34F2N4O2S/c1-18-29-22(17-35-18)7-8-25(33)30-21-5-2-19(3-6-21)10-13-32-14-11-20-4-9-26(34-16-24(27)28)31-23(20)12-15-32/h4,7-9,17,19,21,24H,2-3,5-6,10-16H2,1H3,(H,30,33)/b8-7+/t19-,21-. The van der Waals surface area contributed by atoms with Crippen molar-refractivity contribution in [1.29, 1.82) is 0 Å². The molecule has 2 aromatic heterocycles. The monoisotopic (exact) mass is 504 g/mol. The number of pyridine rings is 1. The summed E-state index contributed by atoms with van der Waals surface area (Å²) in [6.45, 7) is 4.31. The van der Waals surface area contributed by atoms with E-state index in [1.165, 1.54) is 5.56 Å². The second kappa shape index (κ2) is 12.5. The summed E-state index contributed by atoms with van der Waals surface area (Å²) in [5, 5.41) is 6.09. The molecule has 0 atom stereocenters. The highest BCUT2D eigenvalue weighted by molar-refractivity contribution is 7.09. The lowest BCUT2D eigenvalue weighted by molar-refractivity contribution is -0.117. The van der Waals surface area contributed by atoms with E-state index >= 15 is 0 Å². The number of hydrogen-bond donors (Lipinski definition) is 1. The van der Waals surface area contributed by atoms with Crippen molar-refractivity contribution in [3.8, 4) is 5.88 Å². The third-order valence-electron chi connectivity index (χ3n) is 6.85. The van der Waals surface area contributed by atoms with Crippen LogP contribution in [0.15, 0.2) is 23.6 Å². The molecule has 6 nitrogen and oxygen atoms in total. The fraction of sp³-hybridized carbons (Fsp3) is 0.577. The van der Waals surface area contributed by atoms with Crippen molar-refractivity contribution in [1.82, 2.24) is 20.2 Å². The van der Waals surface area contributed by atoms with E-state index in [1.54, 1.807) is 29.6 Å². The number of carbonyl (C=O) groups is 1. The van der Waals surface area contributed by atoms with Crippen LogP contribution in [-0.2, 0) is 17.6 Å². The van der Waals surface area contributed by atoms with Crippen molar-refractivity contribution in [2.75, 3.05) is 26.2 Å². The molecule has 190 valence electrons. The first-order valence-electron chi connectivity index (χ1n) is 12.5. The minimum absolute atomic E-state index is 0.0420. The van der Waals surface area contributed by atoms with Crippen molar-refractivity contribution in [2.45, 2.75) is 64.3 Å². The Kier molecular flexibility index (Phi) is 9.20. The fourth-order valence-corrected chi connectivity index (χ4v) is 5.47. The molecule has 1 fully saturated rings. The number of thiazole rings is 1. The van der Waals surface area contributed by atoms with Crippen LogP contribution >= 0.6 is 11.3 Å². The van der Waals surface area contributed by atoms with Crippen LogP contribution in [-0.4, -0.2) is 59.5 Å². The molecule has 0 spiro atoms. The van der Waals surface area contributed by atoms with Crippen molar-refractivity contribution in [3.63, 3.8) is 0 Å². The van der Waals surface area contributed by atoms with Gasteiger partial charge in [0, 0.05) is 48.8 Å². The van der Waals surface area contributed by atoms with Crippen molar-refractivity contribution >= 4 is 23.3 Å². The zero-order valence-electron chi connectivity index (χ0n) is 20.2. The first-order chi connectivity index (χ1) is 16.9. The van der Waals surface area contributed by atoms with Crippen LogP contribution in [0.5, 0.6) is 5.88 Å². The molecule has 2 aliphatic rings. The van der Waals surface area contributed by atoms with Crippen molar-refractivity contribution in [2.24, 2.45) is 5.92 Å². The quantitative estimate of drug-likeness (QED) is 0.503. The van der Waals surface area contributed by atoms with E-state index in [0.29, 0.717) is 5.92 Å². The summed E-state index contributed by atoms with van der Waals surface area (Å²) in [6, 6.07) is 3.92. The van der Waals surface area contributed by atoms with Gasteiger partial charge in [-0.2, -0.15) is 0 Å². The van der Waals surface area contributed by atoms with E-state index in [0.717, 1.165) is 81.0 Å². The number of amides is 1. The number of nitrogens with one attached hydrogen (secondary N) is 1. The summed E-state index contributed by atoms with van der Waals surface area (Å²) in [5.74, 6) is 0.935. The molecule has 1 aliphatic carbocycles. The lowest BCUT2D eigenvalue weighted by Gasteiger charge is -2.30. The van der Waals surface area contributed by atoms with Crippen LogP contribution in [0.4, 0.5) is 8.78 Å². The van der Waals surface area contributed by atoms with Gasteiger partial charge in [0.1, 0.15) is 0 Å². The SMILES string of the molecule is Cc1nc(/C=C/C(=O)N[C@H]2CC[C@H](CCN3CCc4ccc(OCC(F)F)nc4CC3)CC2)cs1. The summed E-state index contributed by atoms with van der Waals surface area (Å²) in [7, 11) is 0. The lowest BCUT2D eigenvalue weighted by Crippen LogP contribution is -2.37. The van der Waals surface area contributed by atoms with Crippen LogP contribution in [0.3, 0.4) is 0 Å². The lowest BCUT2D eigenvalue weighted by atomic mass is 9.84. The molecule has 0 bridgehead atoms. The minimum atomic E-state index is -2.49. The summed E-state index contributed by atoms with van der Waals surface area (Å²) in [4.78, 5) is 23.5. The van der Waals surface area contributed by atoms with E-state index in [4.69, 9.17) is 4.74 Å². The van der Waals surface area contributed by atoms with Gasteiger partial charge in [-0.05, 0) is 69.6 Å². The van der Waals surface area contributed by atoms with Gasteiger partial charge in [0.2, 0.25) is 11.8 Å².